The molecule has 0 saturated carbocycles. The first-order chi connectivity index (χ1) is 13.0. The van der Waals surface area contributed by atoms with Crippen LogP contribution in [0.1, 0.15) is 23.0 Å². The molecule has 0 unspecified atom stereocenters. The molecule has 27 heavy (non-hydrogen) atoms. The van der Waals surface area contributed by atoms with Crippen LogP contribution < -0.4 is 10.9 Å². The van der Waals surface area contributed by atoms with Gasteiger partial charge in [-0.15, -0.1) is 0 Å². The lowest BCUT2D eigenvalue weighted by molar-refractivity contribution is -0.129. The average Bonchev–Trinajstić information content (AvgIpc) is 2.69. The molecule has 0 aliphatic carbocycles. The quantitative estimate of drug-likeness (QED) is 0.696. The lowest BCUT2D eigenvalue weighted by Gasteiger charge is -2.14. The van der Waals surface area contributed by atoms with Crippen molar-refractivity contribution in [3.8, 4) is 0 Å². The third kappa shape index (κ3) is 4.03. The van der Waals surface area contributed by atoms with Crippen LogP contribution in [0.3, 0.4) is 0 Å². The molecule has 0 aliphatic rings. The number of ether oxygens (including phenoxy) is 1. The molecule has 0 fully saturated rings. The number of rotatable bonds is 5. The number of aryl methyl sites for hydroxylation is 1. The molecule has 1 atom stereocenters. The van der Waals surface area contributed by atoms with Crippen molar-refractivity contribution in [2.45, 2.75) is 19.6 Å². The smallest absolute Gasteiger partial charge is 0.360 e. The van der Waals surface area contributed by atoms with E-state index in [1.165, 1.54) is 14.0 Å². The van der Waals surface area contributed by atoms with Crippen LogP contribution in [-0.4, -0.2) is 27.8 Å². The maximum absolute atomic E-state index is 12.5. The molecule has 3 rings (SSSR count). The molecular formula is C20H19N3O4. The van der Waals surface area contributed by atoms with Crippen LogP contribution in [0.2, 0.25) is 0 Å². The molecule has 1 heterocycles. The summed E-state index contributed by atoms with van der Waals surface area (Å²) in [7, 11) is 1.46. The number of aromatic nitrogens is 2. The number of hydrogen-bond acceptors (Lipinski definition) is 5. The third-order valence-electron chi connectivity index (χ3n) is 4.11. The van der Waals surface area contributed by atoms with Crippen LogP contribution in [-0.2, 0) is 23.1 Å². The van der Waals surface area contributed by atoms with Gasteiger partial charge in [-0.25, -0.2) is 9.48 Å². The summed E-state index contributed by atoms with van der Waals surface area (Å²) in [6, 6.07) is 16.1. The second-order valence-electron chi connectivity index (χ2n) is 6.07. The predicted octanol–water partition coefficient (Wildman–Crippen LogP) is 1.80. The zero-order valence-electron chi connectivity index (χ0n) is 15.0. The summed E-state index contributed by atoms with van der Waals surface area (Å²) in [6.45, 7) is 1.82. The number of fused-ring (bicyclic) bond motifs is 1. The van der Waals surface area contributed by atoms with Crippen LogP contribution in [0.15, 0.2) is 59.4 Å². The van der Waals surface area contributed by atoms with Gasteiger partial charge < -0.3 is 10.1 Å². The molecule has 1 N–H and O–H groups in total. The van der Waals surface area contributed by atoms with E-state index >= 15 is 0 Å². The highest BCUT2D eigenvalue weighted by atomic mass is 16.5. The van der Waals surface area contributed by atoms with Crippen molar-refractivity contribution in [1.29, 1.82) is 0 Å². The minimum absolute atomic E-state index is 0.00425. The van der Waals surface area contributed by atoms with E-state index in [0.717, 1.165) is 10.2 Å². The zero-order valence-corrected chi connectivity index (χ0v) is 15.0. The first-order valence-electron chi connectivity index (χ1n) is 8.46. The van der Waals surface area contributed by atoms with Gasteiger partial charge in [0.25, 0.3) is 11.5 Å². The van der Waals surface area contributed by atoms with E-state index in [4.69, 9.17) is 4.74 Å². The maximum atomic E-state index is 12.5. The summed E-state index contributed by atoms with van der Waals surface area (Å²) in [5, 5.41) is 7.48. The lowest BCUT2D eigenvalue weighted by Crippen LogP contribution is -2.36. The third-order valence-corrected chi connectivity index (χ3v) is 4.11. The molecule has 0 spiro atoms. The minimum atomic E-state index is -1.00. The summed E-state index contributed by atoms with van der Waals surface area (Å²) < 4.78 is 6.34. The molecule has 0 aliphatic heterocycles. The second kappa shape index (κ2) is 7.82. The zero-order chi connectivity index (χ0) is 19.4. The molecule has 1 amide bonds. The second-order valence-corrected chi connectivity index (χ2v) is 6.07. The Balaban J connectivity index is 1.73. The van der Waals surface area contributed by atoms with E-state index in [9.17, 15) is 14.4 Å². The fraction of sp³-hybridized carbons (Fsp3) is 0.200. The van der Waals surface area contributed by atoms with E-state index in [1.807, 2.05) is 30.3 Å². The van der Waals surface area contributed by atoms with E-state index in [1.54, 1.807) is 24.3 Å². The largest absolute Gasteiger partial charge is 0.448 e. The SMILES string of the molecule is C[C@@H](OC(=O)c1nn(C)c(=O)c2ccccc12)C(=O)NCc1ccccc1. The van der Waals surface area contributed by atoms with Crippen LogP contribution in [0.4, 0.5) is 0 Å². The summed E-state index contributed by atoms with van der Waals surface area (Å²) in [4.78, 5) is 36.9. The Morgan fingerprint density at radius 1 is 1.07 bits per heavy atom. The summed E-state index contributed by atoms with van der Waals surface area (Å²) in [6.07, 6.45) is -1.00. The Bertz CT molecular complexity index is 1040. The number of benzene rings is 2. The number of esters is 1. The van der Waals surface area contributed by atoms with Crippen molar-refractivity contribution in [2.75, 3.05) is 0 Å². The number of hydrogen-bond donors (Lipinski definition) is 1. The van der Waals surface area contributed by atoms with Gasteiger partial charge >= 0.3 is 5.97 Å². The van der Waals surface area contributed by atoms with E-state index in [0.29, 0.717) is 17.3 Å². The summed E-state index contributed by atoms with van der Waals surface area (Å²) in [5.41, 5.74) is 0.626. The van der Waals surface area contributed by atoms with Gasteiger partial charge in [-0.05, 0) is 18.6 Å². The van der Waals surface area contributed by atoms with Crippen molar-refractivity contribution in [2.24, 2.45) is 7.05 Å². The Kier molecular flexibility index (Phi) is 5.30. The molecule has 1 aromatic heterocycles. The predicted molar refractivity (Wildman–Crippen MR) is 100 cm³/mol. The highest BCUT2D eigenvalue weighted by Crippen LogP contribution is 2.14. The van der Waals surface area contributed by atoms with Crippen LogP contribution in [0, 0.1) is 0 Å². The van der Waals surface area contributed by atoms with E-state index in [2.05, 4.69) is 10.4 Å². The maximum Gasteiger partial charge on any atom is 0.360 e. The van der Waals surface area contributed by atoms with Gasteiger partial charge in [0.2, 0.25) is 0 Å². The fourth-order valence-electron chi connectivity index (χ4n) is 2.65. The Labute approximate surface area is 155 Å². The van der Waals surface area contributed by atoms with E-state index < -0.39 is 18.0 Å². The van der Waals surface area contributed by atoms with Gasteiger partial charge in [-0.3, -0.25) is 9.59 Å². The van der Waals surface area contributed by atoms with Crippen molar-refractivity contribution < 1.29 is 14.3 Å². The average molecular weight is 365 g/mol. The Morgan fingerprint density at radius 3 is 2.41 bits per heavy atom. The van der Waals surface area contributed by atoms with Gasteiger partial charge in [0.1, 0.15) is 0 Å². The van der Waals surface area contributed by atoms with Crippen molar-refractivity contribution in [3.63, 3.8) is 0 Å². The number of amides is 1. The Morgan fingerprint density at radius 2 is 1.70 bits per heavy atom. The number of nitrogens with one attached hydrogen (secondary N) is 1. The van der Waals surface area contributed by atoms with Gasteiger partial charge in [0.15, 0.2) is 11.8 Å². The summed E-state index contributed by atoms with van der Waals surface area (Å²) >= 11 is 0. The molecule has 7 heteroatoms. The van der Waals surface area contributed by atoms with E-state index in [-0.39, 0.29) is 11.3 Å². The number of nitrogens with zero attached hydrogens (tertiary/aromatic N) is 2. The van der Waals surface area contributed by atoms with Crippen LogP contribution >= 0.6 is 0 Å². The molecule has 0 radical (unpaired) electrons. The van der Waals surface area contributed by atoms with Crippen molar-refractivity contribution >= 4 is 22.6 Å². The number of carbonyl (C=O) groups is 2. The topological polar surface area (TPSA) is 90.3 Å². The van der Waals surface area contributed by atoms with Crippen LogP contribution in [0.25, 0.3) is 10.8 Å². The molecule has 138 valence electrons. The van der Waals surface area contributed by atoms with Crippen molar-refractivity contribution in [3.05, 3.63) is 76.2 Å². The molecule has 0 bridgehead atoms. The molecular weight excluding hydrogens is 346 g/mol. The summed E-state index contributed by atoms with van der Waals surface area (Å²) in [5.74, 6) is -1.18. The monoisotopic (exact) mass is 365 g/mol. The fourth-order valence-corrected chi connectivity index (χ4v) is 2.65. The lowest BCUT2D eigenvalue weighted by atomic mass is 10.1. The Hall–Kier alpha value is -3.48. The first kappa shape index (κ1) is 18.3. The number of carbonyl (C=O) groups excluding carboxylic acids is 2. The van der Waals surface area contributed by atoms with Crippen molar-refractivity contribution in [1.82, 2.24) is 15.1 Å². The molecule has 7 nitrogen and oxygen atoms in total. The van der Waals surface area contributed by atoms with Gasteiger partial charge in [0.05, 0.1) is 5.39 Å². The minimum Gasteiger partial charge on any atom is -0.448 e. The van der Waals surface area contributed by atoms with Gasteiger partial charge in [0, 0.05) is 19.0 Å². The van der Waals surface area contributed by atoms with Gasteiger partial charge in [-0.1, -0.05) is 48.5 Å². The molecule has 3 aromatic rings. The van der Waals surface area contributed by atoms with Gasteiger partial charge in [-0.2, -0.15) is 5.10 Å². The molecule has 2 aromatic carbocycles. The highest BCUT2D eigenvalue weighted by Gasteiger charge is 2.22. The highest BCUT2D eigenvalue weighted by molar-refractivity contribution is 6.02. The normalized spacial score (nSPS) is 11.8. The molecule has 0 saturated heterocycles. The van der Waals surface area contributed by atoms with Crippen LogP contribution in [0.5, 0.6) is 0 Å². The standard InChI is InChI=1S/C20H19N3O4/c1-13(18(24)21-12-14-8-4-3-5-9-14)27-20(26)17-15-10-6-7-11-16(15)19(25)23(2)22-17/h3-11,13H,12H2,1-2H3,(H,21,24)/t13-/m1/s1. The first-order valence-corrected chi connectivity index (χ1v) is 8.46.